The molecule has 2 N–H and O–H groups in total. The van der Waals surface area contributed by atoms with Crippen molar-refractivity contribution in [1.82, 2.24) is 15.5 Å². The quantitative estimate of drug-likeness (QED) is 0.687. The molecule has 0 radical (unpaired) electrons. The summed E-state index contributed by atoms with van der Waals surface area (Å²) in [6, 6.07) is 8.16. The average molecular weight is 301 g/mol. The van der Waals surface area contributed by atoms with E-state index in [-0.39, 0.29) is 0 Å². The first kappa shape index (κ1) is 16.6. The van der Waals surface area contributed by atoms with E-state index >= 15 is 0 Å². The van der Waals surface area contributed by atoms with E-state index in [0.29, 0.717) is 0 Å². The molecule has 2 aromatic rings. The van der Waals surface area contributed by atoms with Gasteiger partial charge < -0.3 is 10.1 Å². The summed E-state index contributed by atoms with van der Waals surface area (Å²) in [4.78, 5) is 0. The van der Waals surface area contributed by atoms with E-state index in [1.807, 2.05) is 25.2 Å². The van der Waals surface area contributed by atoms with E-state index in [4.69, 9.17) is 4.74 Å². The zero-order valence-corrected chi connectivity index (χ0v) is 13.9. The second-order valence-corrected chi connectivity index (χ2v) is 5.61. The average Bonchev–Trinajstić information content (AvgIpc) is 2.89. The summed E-state index contributed by atoms with van der Waals surface area (Å²) in [6.45, 7) is 5.83. The highest BCUT2D eigenvalue weighted by Crippen LogP contribution is 2.32. The van der Waals surface area contributed by atoms with Crippen molar-refractivity contribution in [3.05, 3.63) is 35.5 Å². The van der Waals surface area contributed by atoms with Crippen LogP contribution in [0, 0.1) is 6.92 Å². The molecule has 1 aromatic heterocycles. The zero-order valence-electron chi connectivity index (χ0n) is 13.9. The molecule has 4 nitrogen and oxygen atoms in total. The third kappa shape index (κ3) is 4.10. The molecule has 0 atom stereocenters. The van der Waals surface area contributed by atoms with Gasteiger partial charge in [0.05, 0.1) is 6.61 Å². The largest absolute Gasteiger partial charge is 0.493 e. The van der Waals surface area contributed by atoms with Crippen molar-refractivity contribution in [1.29, 1.82) is 0 Å². The second-order valence-electron chi connectivity index (χ2n) is 5.61. The van der Waals surface area contributed by atoms with Crippen LogP contribution in [0.2, 0.25) is 0 Å². The Labute approximate surface area is 133 Å². The number of hydrogen-bond acceptors (Lipinski definition) is 3. The SMILES string of the molecule is CCCCCCOc1ccccc1-c1n[nH]c(C)c1CNC. The van der Waals surface area contributed by atoms with Crippen LogP contribution >= 0.6 is 0 Å². The number of H-pyrrole nitrogens is 1. The topological polar surface area (TPSA) is 49.9 Å². The van der Waals surface area contributed by atoms with Gasteiger partial charge in [0.15, 0.2) is 0 Å². The standard InChI is InChI=1S/C18H27N3O/c1-4-5-6-9-12-22-17-11-8-7-10-15(17)18-16(13-19-3)14(2)20-21-18/h7-8,10-11,19H,4-6,9,12-13H2,1-3H3,(H,20,21). The Bertz CT molecular complexity index is 577. The minimum atomic E-state index is 0.766. The molecule has 120 valence electrons. The number of aromatic nitrogens is 2. The van der Waals surface area contributed by atoms with Crippen LogP contribution in [-0.4, -0.2) is 23.9 Å². The van der Waals surface area contributed by atoms with E-state index in [0.717, 1.165) is 42.3 Å². The maximum atomic E-state index is 6.01. The van der Waals surface area contributed by atoms with Gasteiger partial charge in [-0.15, -0.1) is 0 Å². The number of benzene rings is 1. The first-order chi connectivity index (χ1) is 10.8. The number of nitrogens with one attached hydrogen (secondary N) is 2. The van der Waals surface area contributed by atoms with Gasteiger partial charge >= 0.3 is 0 Å². The first-order valence-corrected chi connectivity index (χ1v) is 8.18. The predicted octanol–water partition coefficient (Wildman–Crippen LogP) is 4.06. The van der Waals surface area contributed by atoms with E-state index in [2.05, 4.69) is 35.4 Å². The van der Waals surface area contributed by atoms with Gasteiger partial charge in [-0.3, -0.25) is 5.10 Å². The number of hydrogen-bond donors (Lipinski definition) is 2. The molecule has 22 heavy (non-hydrogen) atoms. The lowest BCUT2D eigenvalue weighted by Crippen LogP contribution is -2.07. The molecular formula is C18H27N3O. The van der Waals surface area contributed by atoms with Crippen LogP contribution in [-0.2, 0) is 6.54 Å². The summed E-state index contributed by atoms with van der Waals surface area (Å²) >= 11 is 0. The maximum absolute atomic E-state index is 6.01. The van der Waals surface area contributed by atoms with Gasteiger partial charge in [0, 0.05) is 23.4 Å². The third-order valence-corrected chi connectivity index (χ3v) is 3.83. The lowest BCUT2D eigenvalue weighted by molar-refractivity contribution is 0.306. The number of rotatable bonds is 9. The predicted molar refractivity (Wildman–Crippen MR) is 91.2 cm³/mol. The fourth-order valence-electron chi connectivity index (χ4n) is 2.57. The van der Waals surface area contributed by atoms with Crippen LogP contribution < -0.4 is 10.1 Å². The van der Waals surface area contributed by atoms with Gasteiger partial charge in [0.2, 0.25) is 0 Å². The van der Waals surface area contributed by atoms with Gasteiger partial charge in [0.25, 0.3) is 0 Å². The molecule has 0 aliphatic heterocycles. The molecule has 0 fully saturated rings. The summed E-state index contributed by atoms with van der Waals surface area (Å²) in [5.74, 6) is 0.919. The molecule has 0 amide bonds. The Balaban J connectivity index is 2.14. The highest BCUT2D eigenvalue weighted by molar-refractivity contribution is 5.70. The van der Waals surface area contributed by atoms with Crippen LogP contribution in [0.4, 0.5) is 0 Å². The number of aryl methyl sites for hydroxylation is 1. The summed E-state index contributed by atoms with van der Waals surface area (Å²) in [7, 11) is 1.95. The van der Waals surface area contributed by atoms with Gasteiger partial charge in [-0.2, -0.15) is 5.10 Å². The van der Waals surface area contributed by atoms with Crippen molar-refractivity contribution in [3.63, 3.8) is 0 Å². The molecule has 0 bridgehead atoms. The Morgan fingerprint density at radius 1 is 1.18 bits per heavy atom. The van der Waals surface area contributed by atoms with Crippen LogP contribution in [0.15, 0.2) is 24.3 Å². The van der Waals surface area contributed by atoms with Gasteiger partial charge in [0.1, 0.15) is 11.4 Å². The molecule has 1 aromatic carbocycles. The van der Waals surface area contributed by atoms with Gasteiger partial charge in [-0.25, -0.2) is 0 Å². The normalized spacial score (nSPS) is 10.9. The monoisotopic (exact) mass is 301 g/mol. The van der Waals surface area contributed by atoms with Gasteiger partial charge in [-0.05, 0) is 32.5 Å². The van der Waals surface area contributed by atoms with E-state index in [1.165, 1.54) is 24.8 Å². The van der Waals surface area contributed by atoms with E-state index < -0.39 is 0 Å². The molecule has 0 aliphatic carbocycles. The van der Waals surface area contributed by atoms with Crippen LogP contribution in [0.1, 0.15) is 43.9 Å². The number of nitrogens with zero attached hydrogens (tertiary/aromatic N) is 1. The molecule has 4 heteroatoms. The molecule has 1 heterocycles. The van der Waals surface area contributed by atoms with Crippen molar-refractivity contribution in [2.45, 2.75) is 46.1 Å². The van der Waals surface area contributed by atoms with Crippen molar-refractivity contribution < 1.29 is 4.74 Å². The lowest BCUT2D eigenvalue weighted by Gasteiger charge is -2.11. The number of para-hydroxylation sites is 1. The number of unbranched alkanes of at least 4 members (excludes halogenated alkanes) is 3. The highest BCUT2D eigenvalue weighted by atomic mass is 16.5. The minimum absolute atomic E-state index is 0.766. The second kappa shape index (κ2) is 8.59. The zero-order chi connectivity index (χ0) is 15.8. The fraction of sp³-hybridized carbons (Fsp3) is 0.500. The molecule has 0 spiro atoms. The smallest absolute Gasteiger partial charge is 0.128 e. The molecule has 0 saturated carbocycles. The maximum Gasteiger partial charge on any atom is 0.128 e. The first-order valence-electron chi connectivity index (χ1n) is 8.18. The molecule has 0 unspecified atom stereocenters. The summed E-state index contributed by atoms with van der Waals surface area (Å²) in [6.07, 6.45) is 4.85. The van der Waals surface area contributed by atoms with Crippen molar-refractivity contribution >= 4 is 0 Å². The Hall–Kier alpha value is -1.81. The summed E-state index contributed by atoms with van der Waals surface area (Å²) in [5, 5.41) is 10.8. The fourth-order valence-corrected chi connectivity index (χ4v) is 2.57. The summed E-state index contributed by atoms with van der Waals surface area (Å²) < 4.78 is 6.01. The van der Waals surface area contributed by atoms with Crippen molar-refractivity contribution in [3.8, 4) is 17.0 Å². The molecule has 0 saturated heterocycles. The van der Waals surface area contributed by atoms with Crippen molar-refractivity contribution in [2.24, 2.45) is 0 Å². The Kier molecular flexibility index (Phi) is 6.46. The summed E-state index contributed by atoms with van der Waals surface area (Å²) in [5.41, 5.74) is 4.34. The molecular weight excluding hydrogens is 274 g/mol. The lowest BCUT2D eigenvalue weighted by atomic mass is 10.1. The van der Waals surface area contributed by atoms with Crippen LogP contribution in [0.3, 0.4) is 0 Å². The Morgan fingerprint density at radius 2 is 2.00 bits per heavy atom. The molecule has 0 aliphatic rings. The third-order valence-electron chi connectivity index (χ3n) is 3.83. The molecule has 2 rings (SSSR count). The Morgan fingerprint density at radius 3 is 2.77 bits per heavy atom. The highest BCUT2D eigenvalue weighted by Gasteiger charge is 2.15. The van der Waals surface area contributed by atoms with Gasteiger partial charge in [-0.1, -0.05) is 38.3 Å². The number of aromatic amines is 1. The van der Waals surface area contributed by atoms with Crippen molar-refractivity contribution in [2.75, 3.05) is 13.7 Å². The van der Waals surface area contributed by atoms with Crippen LogP contribution in [0.5, 0.6) is 5.75 Å². The van der Waals surface area contributed by atoms with E-state index in [1.54, 1.807) is 0 Å². The van der Waals surface area contributed by atoms with E-state index in [9.17, 15) is 0 Å². The number of ether oxygens (including phenoxy) is 1. The minimum Gasteiger partial charge on any atom is -0.493 e. The van der Waals surface area contributed by atoms with Crippen LogP contribution in [0.25, 0.3) is 11.3 Å².